The molecule has 0 saturated carbocycles. The quantitative estimate of drug-likeness (QED) is 0.728. The maximum atomic E-state index is 12.5. The topological polar surface area (TPSA) is 50.9 Å². The zero-order chi connectivity index (χ0) is 13.4. The van der Waals surface area contributed by atoms with Crippen molar-refractivity contribution in [2.75, 3.05) is 0 Å². The predicted octanol–water partition coefficient (Wildman–Crippen LogP) is 3.26. The van der Waals surface area contributed by atoms with Gasteiger partial charge in [-0.1, -0.05) is 12.1 Å². The zero-order valence-corrected chi connectivity index (χ0v) is 11.1. The average Bonchev–Trinajstić information content (AvgIpc) is 2.92. The molecule has 2 aromatic heterocycles. The molecule has 0 fully saturated rings. The first-order valence-corrected chi connectivity index (χ1v) is 6.36. The highest BCUT2D eigenvalue weighted by atomic mass is 32.1. The summed E-state index contributed by atoms with van der Waals surface area (Å²) in [5.41, 5.74) is 0.642. The molecule has 1 unspecified atom stereocenters. The molecule has 0 radical (unpaired) electrons. The van der Waals surface area contributed by atoms with Crippen LogP contribution in [0.25, 0.3) is 10.9 Å². The number of furan rings is 1. The number of nitrogens with zero attached hydrogens (tertiary/aromatic N) is 1. The van der Waals surface area contributed by atoms with E-state index in [2.05, 4.69) is 4.98 Å². The Balaban J connectivity index is 2.30. The van der Waals surface area contributed by atoms with Gasteiger partial charge in [0.25, 0.3) is 5.56 Å². The standard InChI is InChI=1S/C14H12N2O2S/c1-9(12-7-4-8-18-12)16-13(17)10-5-2-3-6-11(10)15-14(16)19/h2-9H,1H3,(H,15,19). The first kappa shape index (κ1) is 11.9. The van der Waals surface area contributed by atoms with Crippen molar-refractivity contribution in [3.63, 3.8) is 0 Å². The molecule has 1 N–H and O–H groups in total. The maximum Gasteiger partial charge on any atom is 0.262 e. The Morgan fingerprint density at radius 3 is 2.79 bits per heavy atom. The molecule has 0 bridgehead atoms. The molecule has 0 amide bonds. The van der Waals surface area contributed by atoms with Crippen LogP contribution in [0.4, 0.5) is 0 Å². The molecule has 3 rings (SSSR count). The van der Waals surface area contributed by atoms with Crippen molar-refractivity contribution in [2.45, 2.75) is 13.0 Å². The SMILES string of the molecule is CC(c1ccco1)n1c(=S)[nH]c2ccccc2c1=O. The van der Waals surface area contributed by atoms with E-state index in [1.165, 1.54) is 4.57 Å². The van der Waals surface area contributed by atoms with Gasteiger partial charge in [-0.3, -0.25) is 9.36 Å². The minimum absolute atomic E-state index is 0.108. The van der Waals surface area contributed by atoms with Gasteiger partial charge >= 0.3 is 0 Å². The van der Waals surface area contributed by atoms with Crippen LogP contribution in [0, 0.1) is 4.77 Å². The molecule has 0 aliphatic carbocycles. The lowest BCUT2D eigenvalue weighted by Crippen LogP contribution is -2.25. The van der Waals surface area contributed by atoms with Crippen LogP contribution in [-0.2, 0) is 0 Å². The smallest absolute Gasteiger partial charge is 0.262 e. The van der Waals surface area contributed by atoms with E-state index < -0.39 is 0 Å². The number of aromatic nitrogens is 2. The molecule has 19 heavy (non-hydrogen) atoms. The van der Waals surface area contributed by atoms with Gasteiger partial charge < -0.3 is 9.40 Å². The highest BCUT2D eigenvalue weighted by molar-refractivity contribution is 7.71. The first-order valence-electron chi connectivity index (χ1n) is 5.95. The van der Waals surface area contributed by atoms with Gasteiger partial charge in [0, 0.05) is 0 Å². The minimum atomic E-state index is -0.240. The highest BCUT2D eigenvalue weighted by Gasteiger charge is 2.15. The van der Waals surface area contributed by atoms with Crippen molar-refractivity contribution in [1.82, 2.24) is 9.55 Å². The molecule has 3 aromatic rings. The molecule has 2 heterocycles. The van der Waals surface area contributed by atoms with Crippen molar-refractivity contribution in [2.24, 2.45) is 0 Å². The van der Waals surface area contributed by atoms with Crippen LogP contribution in [0.15, 0.2) is 51.9 Å². The summed E-state index contributed by atoms with van der Waals surface area (Å²) in [6, 6.07) is 10.7. The van der Waals surface area contributed by atoms with Crippen LogP contribution >= 0.6 is 12.2 Å². The van der Waals surface area contributed by atoms with E-state index in [0.29, 0.717) is 15.9 Å². The summed E-state index contributed by atoms with van der Waals surface area (Å²) in [7, 11) is 0. The van der Waals surface area contributed by atoms with E-state index in [9.17, 15) is 4.79 Å². The van der Waals surface area contributed by atoms with Crippen LogP contribution in [0.2, 0.25) is 0 Å². The lowest BCUT2D eigenvalue weighted by molar-refractivity contribution is 0.436. The van der Waals surface area contributed by atoms with Crippen molar-refractivity contribution in [3.05, 3.63) is 63.5 Å². The Bertz CT molecular complexity index is 831. The lowest BCUT2D eigenvalue weighted by Gasteiger charge is -2.13. The Kier molecular flexibility index (Phi) is 2.83. The third-order valence-corrected chi connectivity index (χ3v) is 3.48. The van der Waals surface area contributed by atoms with E-state index in [4.69, 9.17) is 16.6 Å². The Morgan fingerprint density at radius 2 is 2.05 bits per heavy atom. The van der Waals surface area contributed by atoms with Crippen molar-refractivity contribution in [3.8, 4) is 0 Å². The fourth-order valence-electron chi connectivity index (χ4n) is 2.18. The third kappa shape index (κ3) is 1.92. The second kappa shape index (κ2) is 4.51. The summed E-state index contributed by atoms with van der Waals surface area (Å²) in [4.78, 5) is 15.6. The van der Waals surface area contributed by atoms with Gasteiger partial charge in [-0.25, -0.2) is 0 Å². The van der Waals surface area contributed by atoms with Gasteiger partial charge in [0.1, 0.15) is 5.76 Å². The first-order chi connectivity index (χ1) is 9.18. The van der Waals surface area contributed by atoms with Crippen LogP contribution in [0.1, 0.15) is 18.7 Å². The van der Waals surface area contributed by atoms with Gasteiger partial charge in [-0.15, -0.1) is 0 Å². The molecule has 1 aromatic carbocycles. The zero-order valence-electron chi connectivity index (χ0n) is 10.3. The number of rotatable bonds is 2. The molecule has 96 valence electrons. The Labute approximate surface area is 114 Å². The molecule has 0 aliphatic rings. The number of hydrogen-bond acceptors (Lipinski definition) is 3. The Morgan fingerprint density at radius 1 is 1.26 bits per heavy atom. The second-order valence-electron chi connectivity index (χ2n) is 4.34. The summed E-state index contributed by atoms with van der Waals surface area (Å²) < 4.78 is 7.29. The largest absolute Gasteiger partial charge is 0.467 e. The third-order valence-electron chi connectivity index (χ3n) is 3.18. The Hall–Kier alpha value is -2.14. The van der Waals surface area contributed by atoms with Crippen molar-refractivity contribution >= 4 is 23.1 Å². The number of aromatic amines is 1. The fourth-order valence-corrected chi connectivity index (χ4v) is 2.54. The fraction of sp³-hybridized carbons (Fsp3) is 0.143. The average molecular weight is 272 g/mol. The number of nitrogens with one attached hydrogen (secondary N) is 1. The van der Waals surface area contributed by atoms with E-state index in [-0.39, 0.29) is 11.6 Å². The monoisotopic (exact) mass is 272 g/mol. The molecule has 0 aliphatic heterocycles. The van der Waals surface area contributed by atoms with E-state index in [1.54, 1.807) is 18.4 Å². The molecular weight excluding hydrogens is 260 g/mol. The van der Waals surface area contributed by atoms with Gasteiger partial charge in [0.2, 0.25) is 0 Å². The van der Waals surface area contributed by atoms with Crippen LogP contribution in [0.3, 0.4) is 0 Å². The number of fused-ring (bicyclic) bond motifs is 1. The predicted molar refractivity (Wildman–Crippen MR) is 75.9 cm³/mol. The van der Waals surface area contributed by atoms with Crippen molar-refractivity contribution in [1.29, 1.82) is 0 Å². The van der Waals surface area contributed by atoms with Gasteiger partial charge in [0.15, 0.2) is 4.77 Å². The van der Waals surface area contributed by atoms with Gasteiger partial charge in [-0.2, -0.15) is 0 Å². The number of hydrogen-bond donors (Lipinski definition) is 1. The molecule has 0 saturated heterocycles. The molecule has 4 nitrogen and oxygen atoms in total. The summed E-state index contributed by atoms with van der Waals surface area (Å²) in [6.45, 7) is 1.89. The van der Waals surface area contributed by atoms with E-state index in [0.717, 1.165) is 5.52 Å². The summed E-state index contributed by atoms with van der Waals surface area (Å²) in [6.07, 6.45) is 1.59. The summed E-state index contributed by atoms with van der Waals surface area (Å²) in [5, 5.41) is 0.620. The lowest BCUT2D eigenvalue weighted by atomic mass is 10.2. The van der Waals surface area contributed by atoms with E-state index in [1.807, 2.05) is 31.2 Å². The van der Waals surface area contributed by atoms with Gasteiger partial charge in [0.05, 0.1) is 23.2 Å². The molecular formula is C14H12N2O2S. The van der Waals surface area contributed by atoms with Crippen LogP contribution < -0.4 is 5.56 Å². The van der Waals surface area contributed by atoms with Crippen LogP contribution in [0.5, 0.6) is 0 Å². The molecule has 5 heteroatoms. The second-order valence-corrected chi connectivity index (χ2v) is 4.73. The number of benzene rings is 1. The minimum Gasteiger partial charge on any atom is -0.467 e. The molecule has 1 atom stereocenters. The maximum absolute atomic E-state index is 12.5. The molecule has 0 spiro atoms. The number of H-pyrrole nitrogens is 1. The van der Waals surface area contributed by atoms with Crippen LogP contribution in [-0.4, -0.2) is 9.55 Å². The van der Waals surface area contributed by atoms with Gasteiger partial charge in [-0.05, 0) is 43.4 Å². The number of para-hydroxylation sites is 1. The normalized spacial score (nSPS) is 12.7. The highest BCUT2D eigenvalue weighted by Crippen LogP contribution is 2.18. The van der Waals surface area contributed by atoms with Crippen molar-refractivity contribution < 1.29 is 4.42 Å². The summed E-state index contributed by atoms with van der Waals surface area (Å²) in [5.74, 6) is 0.705. The summed E-state index contributed by atoms with van der Waals surface area (Å²) >= 11 is 5.28. The van der Waals surface area contributed by atoms with E-state index >= 15 is 0 Å².